The average Bonchev–Trinajstić information content (AvgIpc) is 3.44. The molecule has 2 aromatic heterocycles. The highest BCUT2D eigenvalue weighted by molar-refractivity contribution is 7.99. The van der Waals surface area contributed by atoms with Gasteiger partial charge in [-0.3, -0.25) is 4.79 Å². The van der Waals surface area contributed by atoms with Gasteiger partial charge in [0.25, 0.3) is 5.22 Å². The van der Waals surface area contributed by atoms with Gasteiger partial charge in [0.05, 0.1) is 12.3 Å². The molecule has 0 N–H and O–H groups in total. The van der Waals surface area contributed by atoms with Gasteiger partial charge in [0.1, 0.15) is 11.5 Å². The molecule has 8 heteroatoms. The quantitative estimate of drug-likeness (QED) is 0.309. The van der Waals surface area contributed by atoms with E-state index in [0.29, 0.717) is 28.4 Å². The molecule has 6 nitrogen and oxygen atoms in total. The van der Waals surface area contributed by atoms with Crippen molar-refractivity contribution < 1.29 is 13.6 Å². The van der Waals surface area contributed by atoms with Crippen LogP contribution in [0.3, 0.4) is 0 Å². The fraction of sp³-hybridized carbons (Fsp3) is 0.208. The molecule has 0 fully saturated rings. The standard InChI is InChI=1S/C24H22ClN3O3S/c1-15-4-5-18(12-16(15)2)23-26-27-24(31-23)32-14-22(29)28(3)13-20-10-11-21(30-20)17-6-8-19(25)9-7-17/h4-12H,13-14H2,1-3H3. The second-order valence-corrected chi connectivity index (χ2v) is 8.85. The molecule has 0 aliphatic rings. The predicted octanol–water partition coefficient (Wildman–Crippen LogP) is 6.02. The third-order valence-electron chi connectivity index (χ3n) is 5.09. The van der Waals surface area contributed by atoms with Gasteiger partial charge in [0.15, 0.2) is 0 Å². The maximum atomic E-state index is 12.6. The van der Waals surface area contributed by atoms with E-state index in [4.69, 9.17) is 20.4 Å². The van der Waals surface area contributed by atoms with Crippen LogP contribution < -0.4 is 0 Å². The second kappa shape index (κ2) is 9.63. The van der Waals surface area contributed by atoms with E-state index in [1.807, 2.05) is 61.5 Å². The van der Waals surface area contributed by atoms with Gasteiger partial charge in [-0.05, 0) is 73.5 Å². The smallest absolute Gasteiger partial charge is 0.277 e. The molecule has 2 aromatic carbocycles. The number of carbonyl (C=O) groups excluding carboxylic acids is 1. The SMILES string of the molecule is Cc1ccc(-c2nnc(SCC(=O)N(C)Cc3ccc(-c4ccc(Cl)cc4)o3)o2)cc1C. The largest absolute Gasteiger partial charge is 0.459 e. The molecular formula is C24H22ClN3O3S. The van der Waals surface area contributed by atoms with E-state index in [2.05, 4.69) is 17.1 Å². The molecule has 1 amide bonds. The number of furan rings is 1. The lowest BCUT2D eigenvalue weighted by Gasteiger charge is -2.14. The Morgan fingerprint density at radius 3 is 2.47 bits per heavy atom. The van der Waals surface area contributed by atoms with Crippen molar-refractivity contribution in [2.45, 2.75) is 25.6 Å². The Kier molecular flexibility index (Phi) is 6.67. The summed E-state index contributed by atoms with van der Waals surface area (Å²) in [5.41, 5.74) is 4.16. The molecule has 0 radical (unpaired) electrons. The van der Waals surface area contributed by atoms with Crippen molar-refractivity contribution in [2.24, 2.45) is 0 Å². The lowest BCUT2D eigenvalue weighted by Crippen LogP contribution is -2.27. The lowest BCUT2D eigenvalue weighted by molar-refractivity contribution is -0.127. The summed E-state index contributed by atoms with van der Waals surface area (Å²) in [5, 5.41) is 9.19. The molecular weight excluding hydrogens is 446 g/mol. The van der Waals surface area contributed by atoms with Gasteiger partial charge in [-0.15, -0.1) is 10.2 Å². The Bertz CT molecular complexity index is 1230. The van der Waals surface area contributed by atoms with Crippen LogP contribution in [0.15, 0.2) is 68.7 Å². The van der Waals surface area contributed by atoms with Crippen molar-refractivity contribution in [1.29, 1.82) is 0 Å². The average molecular weight is 468 g/mol. The van der Waals surface area contributed by atoms with Crippen LogP contribution in [-0.2, 0) is 11.3 Å². The first-order valence-electron chi connectivity index (χ1n) is 10.0. The summed E-state index contributed by atoms with van der Waals surface area (Å²) in [4.78, 5) is 14.2. The Labute approximate surface area is 195 Å². The summed E-state index contributed by atoms with van der Waals surface area (Å²) in [5.74, 6) is 2.00. The molecule has 32 heavy (non-hydrogen) atoms. The Balaban J connectivity index is 1.32. The fourth-order valence-electron chi connectivity index (χ4n) is 3.05. The number of hydrogen-bond donors (Lipinski definition) is 0. The lowest BCUT2D eigenvalue weighted by atomic mass is 10.1. The number of amides is 1. The highest BCUT2D eigenvalue weighted by Gasteiger charge is 2.16. The van der Waals surface area contributed by atoms with Gasteiger partial charge in [0, 0.05) is 23.2 Å². The zero-order valence-electron chi connectivity index (χ0n) is 18.0. The minimum Gasteiger partial charge on any atom is -0.459 e. The van der Waals surface area contributed by atoms with E-state index < -0.39 is 0 Å². The summed E-state index contributed by atoms with van der Waals surface area (Å²) < 4.78 is 11.6. The van der Waals surface area contributed by atoms with Crippen LogP contribution >= 0.6 is 23.4 Å². The summed E-state index contributed by atoms with van der Waals surface area (Å²) in [6.45, 7) is 4.46. The maximum absolute atomic E-state index is 12.6. The van der Waals surface area contributed by atoms with E-state index in [1.54, 1.807) is 11.9 Å². The summed E-state index contributed by atoms with van der Waals surface area (Å²) in [6, 6.07) is 17.2. The summed E-state index contributed by atoms with van der Waals surface area (Å²) in [7, 11) is 1.74. The number of thioether (sulfide) groups is 1. The summed E-state index contributed by atoms with van der Waals surface area (Å²) in [6.07, 6.45) is 0. The van der Waals surface area contributed by atoms with E-state index in [-0.39, 0.29) is 11.7 Å². The van der Waals surface area contributed by atoms with Crippen LogP contribution in [0.5, 0.6) is 0 Å². The van der Waals surface area contributed by atoms with Crippen LogP contribution in [0.2, 0.25) is 5.02 Å². The van der Waals surface area contributed by atoms with Gasteiger partial charge < -0.3 is 13.7 Å². The third kappa shape index (κ3) is 5.23. The Morgan fingerprint density at radius 1 is 0.969 bits per heavy atom. The van der Waals surface area contributed by atoms with Crippen LogP contribution in [0.1, 0.15) is 16.9 Å². The molecule has 0 aliphatic carbocycles. The maximum Gasteiger partial charge on any atom is 0.277 e. The molecule has 0 saturated carbocycles. The number of aryl methyl sites for hydroxylation is 2. The molecule has 4 rings (SSSR count). The number of benzene rings is 2. The molecule has 0 atom stereocenters. The van der Waals surface area contributed by atoms with Gasteiger partial charge >= 0.3 is 0 Å². The van der Waals surface area contributed by atoms with Gasteiger partial charge in [-0.25, -0.2) is 0 Å². The van der Waals surface area contributed by atoms with E-state index in [0.717, 1.165) is 22.5 Å². The van der Waals surface area contributed by atoms with Gasteiger partial charge in [-0.1, -0.05) is 29.4 Å². The van der Waals surface area contributed by atoms with Crippen molar-refractivity contribution in [3.8, 4) is 22.8 Å². The normalized spacial score (nSPS) is 11.0. The van der Waals surface area contributed by atoms with Crippen molar-refractivity contribution in [3.05, 3.63) is 76.5 Å². The first kappa shape index (κ1) is 22.2. The molecule has 0 saturated heterocycles. The van der Waals surface area contributed by atoms with Crippen molar-refractivity contribution in [1.82, 2.24) is 15.1 Å². The van der Waals surface area contributed by atoms with E-state index >= 15 is 0 Å². The minimum absolute atomic E-state index is 0.0645. The molecule has 2 heterocycles. The molecule has 4 aromatic rings. The minimum atomic E-state index is -0.0645. The van der Waals surface area contributed by atoms with E-state index in [9.17, 15) is 4.79 Å². The topological polar surface area (TPSA) is 72.4 Å². The molecule has 0 unspecified atom stereocenters. The first-order chi connectivity index (χ1) is 15.4. The predicted molar refractivity (Wildman–Crippen MR) is 126 cm³/mol. The molecule has 0 bridgehead atoms. The van der Waals surface area contributed by atoms with Crippen LogP contribution in [0.4, 0.5) is 0 Å². The number of rotatable bonds is 7. The van der Waals surface area contributed by atoms with Crippen LogP contribution in [0.25, 0.3) is 22.8 Å². The van der Waals surface area contributed by atoms with Gasteiger partial charge in [-0.2, -0.15) is 0 Å². The highest BCUT2D eigenvalue weighted by Crippen LogP contribution is 2.26. The third-order valence-corrected chi connectivity index (χ3v) is 6.14. The van der Waals surface area contributed by atoms with Crippen molar-refractivity contribution >= 4 is 29.3 Å². The number of halogens is 1. The highest BCUT2D eigenvalue weighted by atomic mass is 35.5. The van der Waals surface area contributed by atoms with Gasteiger partial charge in [0.2, 0.25) is 11.8 Å². The first-order valence-corrected chi connectivity index (χ1v) is 11.4. The Hall–Kier alpha value is -3.03. The molecule has 164 valence electrons. The monoisotopic (exact) mass is 467 g/mol. The molecule has 0 aliphatic heterocycles. The van der Waals surface area contributed by atoms with Crippen molar-refractivity contribution in [3.63, 3.8) is 0 Å². The number of nitrogens with zero attached hydrogens (tertiary/aromatic N) is 3. The second-order valence-electron chi connectivity index (χ2n) is 7.48. The number of aromatic nitrogens is 2. The van der Waals surface area contributed by atoms with E-state index in [1.165, 1.54) is 17.3 Å². The summed E-state index contributed by atoms with van der Waals surface area (Å²) >= 11 is 7.15. The number of carbonyl (C=O) groups is 1. The zero-order valence-corrected chi connectivity index (χ0v) is 19.5. The molecule has 0 spiro atoms. The van der Waals surface area contributed by atoms with Crippen LogP contribution in [0, 0.1) is 13.8 Å². The Morgan fingerprint density at radius 2 is 1.72 bits per heavy atom. The fourth-order valence-corrected chi connectivity index (χ4v) is 3.88. The zero-order chi connectivity index (χ0) is 22.7. The van der Waals surface area contributed by atoms with Crippen molar-refractivity contribution in [2.75, 3.05) is 12.8 Å². The number of hydrogen-bond acceptors (Lipinski definition) is 6. The van der Waals surface area contributed by atoms with Crippen LogP contribution in [-0.4, -0.2) is 33.8 Å².